The van der Waals surface area contributed by atoms with Gasteiger partial charge in [-0.25, -0.2) is 9.37 Å². The van der Waals surface area contributed by atoms with E-state index >= 15 is 0 Å². The number of Topliss-reactive ketones (excluding diaryl/α,β-unsaturated/α-hetero) is 1. The molecule has 1 aromatic carbocycles. The summed E-state index contributed by atoms with van der Waals surface area (Å²) in [7, 11) is 0. The maximum Gasteiger partial charge on any atom is 0.263 e. The lowest BCUT2D eigenvalue weighted by molar-refractivity contribution is 0.0970. The number of benzene rings is 1. The van der Waals surface area contributed by atoms with E-state index in [4.69, 9.17) is 0 Å². The van der Waals surface area contributed by atoms with Crippen LogP contribution in [0.15, 0.2) is 46.8 Å². The molecule has 0 amide bonds. The number of hydrogen-bond donors (Lipinski definition) is 0. The van der Waals surface area contributed by atoms with Gasteiger partial charge in [-0.05, 0) is 37.6 Å². The van der Waals surface area contributed by atoms with E-state index < -0.39 is 0 Å². The molecular weight excluding hydrogens is 383 g/mol. The van der Waals surface area contributed by atoms with E-state index in [1.807, 2.05) is 25.3 Å². The molecule has 0 atom stereocenters. The van der Waals surface area contributed by atoms with Gasteiger partial charge in [-0.3, -0.25) is 14.2 Å². The smallest absolute Gasteiger partial charge is 0.263 e. The van der Waals surface area contributed by atoms with Gasteiger partial charge in [0, 0.05) is 26.3 Å². The molecule has 4 nitrogen and oxygen atoms in total. The quantitative estimate of drug-likeness (QED) is 0.463. The third kappa shape index (κ3) is 3.24. The Kier molecular flexibility index (Phi) is 4.49. The van der Waals surface area contributed by atoms with Crippen molar-refractivity contribution in [2.75, 3.05) is 0 Å². The average molecular weight is 398 g/mol. The molecule has 0 radical (unpaired) electrons. The molecular formula is C20H15FN2O2S2. The summed E-state index contributed by atoms with van der Waals surface area (Å²) >= 11 is 2.92. The van der Waals surface area contributed by atoms with Crippen molar-refractivity contribution in [2.24, 2.45) is 0 Å². The molecule has 3 aromatic heterocycles. The van der Waals surface area contributed by atoms with E-state index in [-0.39, 0.29) is 23.7 Å². The van der Waals surface area contributed by atoms with Gasteiger partial charge < -0.3 is 0 Å². The SMILES string of the molecule is Cc1cc(C(=O)Cn2cnc3scc(-c4ccc(F)cc4)c3c2=O)c(C)s1. The number of fused-ring (bicyclic) bond motifs is 1. The second-order valence-corrected chi connectivity index (χ2v) is 8.58. The van der Waals surface area contributed by atoms with Gasteiger partial charge in [0.1, 0.15) is 10.6 Å². The fourth-order valence-electron chi connectivity index (χ4n) is 3.07. The molecule has 0 N–H and O–H groups in total. The first kappa shape index (κ1) is 17.8. The Morgan fingerprint density at radius 2 is 1.96 bits per heavy atom. The number of carbonyl (C=O) groups excluding carboxylic acids is 1. The second kappa shape index (κ2) is 6.83. The fourth-order valence-corrected chi connectivity index (χ4v) is 4.92. The number of carbonyl (C=O) groups is 1. The fraction of sp³-hybridized carbons (Fsp3) is 0.150. The molecule has 7 heteroatoms. The summed E-state index contributed by atoms with van der Waals surface area (Å²) < 4.78 is 14.6. The van der Waals surface area contributed by atoms with Crippen molar-refractivity contribution in [3.63, 3.8) is 0 Å². The van der Waals surface area contributed by atoms with Gasteiger partial charge in [-0.15, -0.1) is 22.7 Å². The zero-order valence-electron chi connectivity index (χ0n) is 14.7. The average Bonchev–Trinajstić information content (AvgIpc) is 3.21. The summed E-state index contributed by atoms with van der Waals surface area (Å²) in [6, 6.07) is 7.85. The lowest BCUT2D eigenvalue weighted by Crippen LogP contribution is -2.24. The highest BCUT2D eigenvalue weighted by atomic mass is 32.1. The predicted molar refractivity (Wildman–Crippen MR) is 107 cm³/mol. The van der Waals surface area contributed by atoms with Crippen molar-refractivity contribution in [2.45, 2.75) is 20.4 Å². The first-order valence-corrected chi connectivity index (χ1v) is 9.96. The van der Waals surface area contributed by atoms with Crippen molar-refractivity contribution in [1.82, 2.24) is 9.55 Å². The number of aromatic nitrogens is 2. The Morgan fingerprint density at radius 3 is 2.63 bits per heavy atom. The third-order valence-electron chi connectivity index (χ3n) is 4.37. The second-order valence-electron chi connectivity index (χ2n) is 6.26. The summed E-state index contributed by atoms with van der Waals surface area (Å²) in [5, 5.41) is 2.30. The molecule has 0 bridgehead atoms. The highest BCUT2D eigenvalue weighted by Crippen LogP contribution is 2.30. The molecule has 4 aromatic rings. The minimum absolute atomic E-state index is 0.0580. The molecule has 0 aliphatic carbocycles. The van der Waals surface area contributed by atoms with Crippen LogP contribution in [0.3, 0.4) is 0 Å². The van der Waals surface area contributed by atoms with Gasteiger partial charge in [0.15, 0.2) is 5.78 Å². The Morgan fingerprint density at radius 1 is 1.22 bits per heavy atom. The molecule has 0 saturated heterocycles. The number of hydrogen-bond acceptors (Lipinski definition) is 5. The molecule has 0 fully saturated rings. The standard InChI is InChI=1S/C20H15FN2O2S2/c1-11-7-15(12(2)27-11)17(24)8-23-10-22-19-18(20(23)25)16(9-26-19)13-3-5-14(21)6-4-13/h3-7,9-10H,8H2,1-2H3. The van der Waals surface area contributed by atoms with Gasteiger partial charge in [-0.2, -0.15) is 0 Å². The topological polar surface area (TPSA) is 52.0 Å². The Labute approximate surface area is 162 Å². The number of rotatable bonds is 4. The first-order valence-electron chi connectivity index (χ1n) is 8.27. The van der Waals surface area contributed by atoms with E-state index in [0.29, 0.717) is 21.3 Å². The van der Waals surface area contributed by atoms with Gasteiger partial charge in [0.2, 0.25) is 0 Å². The monoisotopic (exact) mass is 398 g/mol. The molecule has 3 heterocycles. The molecule has 136 valence electrons. The summed E-state index contributed by atoms with van der Waals surface area (Å²) in [5.74, 6) is -0.445. The molecule has 0 saturated carbocycles. The normalized spacial score (nSPS) is 11.2. The van der Waals surface area contributed by atoms with Crippen LogP contribution < -0.4 is 5.56 Å². The Hall–Kier alpha value is -2.64. The van der Waals surface area contributed by atoms with Crippen LogP contribution in [0.2, 0.25) is 0 Å². The van der Waals surface area contributed by atoms with Crippen LogP contribution in [0, 0.1) is 19.7 Å². The number of nitrogens with zero attached hydrogens (tertiary/aromatic N) is 2. The van der Waals surface area contributed by atoms with Gasteiger partial charge >= 0.3 is 0 Å². The zero-order valence-corrected chi connectivity index (χ0v) is 16.3. The van der Waals surface area contributed by atoms with E-state index in [0.717, 1.165) is 15.3 Å². The van der Waals surface area contributed by atoms with Crippen LogP contribution >= 0.6 is 22.7 Å². The van der Waals surface area contributed by atoms with E-state index in [1.165, 1.54) is 34.4 Å². The molecule has 0 spiro atoms. The lowest BCUT2D eigenvalue weighted by atomic mass is 10.1. The van der Waals surface area contributed by atoms with E-state index in [2.05, 4.69) is 4.98 Å². The highest BCUT2D eigenvalue weighted by Gasteiger charge is 2.17. The van der Waals surface area contributed by atoms with Crippen LogP contribution in [0.4, 0.5) is 4.39 Å². The molecule has 0 unspecified atom stereocenters. The number of aryl methyl sites for hydroxylation is 2. The van der Waals surface area contributed by atoms with Gasteiger partial charge in [0.05, 0.1) is 18.3 Å². The van der Waals surface area contributed by atoms with Crippen molar-refractivity contribution in [3.05, 3.63) is 73.5 Å². The molecule has 0 aliphatic heterocycles. The first-order chi connectivity index (χ1) is 12.9. The van der Waals surface area contributed by atoms with Crippen LogP contribution in [0.5, 0.6) is 0 Å². The summed E-state index contributed by atoms with van der Waals surface area (Å²) in [4.78, 5) is 32.6. The van der Waals surface area contributed by atoms with Gasteiger partial charge in [-0.1, -0.05) is 12.1 Å². The minimum atomic E-state index is -0.333. The van der Waals surface area contributed by atoms with Crippen molar-refractivity contribution < 1.29 is 9.18 Å². The summed E-state index contributed by atoms with van der Waals surface area (Å²) in [5.41, 5.74) is 1.83. The largest absolute Gasteiger partial charge is 0.292 e. The molecule has 0 aliphatic rings. The summed E-state index contributed by atoms with van der Waals surface area (Å²) in [6.07, 6.45) is 1.42. The maximum absolute atomic E-state index is 13.2. The lowest BCUT2D eigenvalue weighted by Gasteiger charge is -2.06. The molecule has 27 heavy (non-hydrogen) atoms. The van der Waals surface area contributed by atoms with Crippen LogP contribution in [-0.4, -0.2) is 15.3 Å². The Bertz CT molecular complexity index is 1220. The van der Waals surface area contributed by atoms with E-state index in [1.54, 1.807) is 23.5 Å². The number of thiophene rings is 2. The third-order valence-corrected chi connectivity index (χ3v) is 6.22. The van der Waals surface area contributed by atoms with Crippen molar-refractivity contribution >= 4 is 38.7 Å². The highest BCUT2D eigenvalue weighted by molar-refractivity contribution is 7.17. The van der Waals surface area contributed by atoms with Gasteiger partial charge in [0.25, 0.3) is 5.56 Å². The summed E-state index contributed by atoms with van der Waals surface area (Å²) in [6.45, 7) is 3.80. The van der Waals surface area contributed by atoms with Crippen molar-refractivity contribution in [3.8, 4) is 11.1 Å². The minimum Gasteiger partial charge on any atom is -0.292 e. The number of halogens is 1. The molecule has 4 rings (SSSR count). The zero-order chi connectivity index (χ0) is 19.1. The predicted octanol–water partition coefficient (Wildman–Crippen LogP) is 4.83. The van der Waals surface area contributed by atoms with Crippen LogP contribution in [0.1, 0.15) is 20.1 Å². The Balaban J connectivity index is 1.77. The van der Waals surface area contributed by atoms with Crippen LogP contribution in [0.25, 0.3) is 21.3 Å². The van der Waals surface area contributed by atoms with E-state index in [9.17, 15) is 14.0 Å². The van der Waals surface area contributed by atoms with Crippen LogP contribution in [-0.2, 0) is 6.54 Å². The maximum atomic E-state index is 13.2. The van der Waals surface area contributed by atoms with Crippen molar-refractivity contribution in [1.29, 1.82) is 0 Å². The number of ketones is 1.